The zero-order chi connectivity index (χ0) is 22.3. The van der Waals surface area contributed by atoms with E-state index in [1.807, 2.05) is 42.1 Å². The van der Waals surface area contributed by atoms with Crippen molar-refractivity contribution in [1.82, 2.24) is 29.5 Å². The third-order valence-corrected chi connectivity index (χ3v) is 4.85. The SMILES string of the molecule is C/C=C/C(=O)Cc1cccc(Cn2ncc3cnc(Nc4cnn(CCOC)c4)nc32)c1. The molecule has 0 saturated carbocycles. The lowest BCUT2D eigenvalue weighted by Gasteiger charge is -2.07. The van der Waals surface area contributed by atoms with Crippen LogP contribution in [0.25, 0.3) is 11.0 Å². The monoisotopic (exact) mass is 431 g/mol. The van der Waals surface area contributed by atoms with E-state index < -0.39 is 0 Å². The van der Waals surface area contributed by atoms with Crippen molar-refractivity contribution >= 4 is 28.5 Å². The molecule has 0 saturated heterocycles. The first kappa shape index (κ1) is 21.4. The number of aromatic nitrogens is 6. The number of allylic oxidation sites excluding steroid dienone is 2. The van der Waals surface area contributed by atoms with E-state index in [2.05, 4.69) is 25.5 Å². The molecule has 4 aromatic rings. The fourth-order valence-electron chi connectivity index (χ4n) is 3.36. The van der Waals surface area contributed by atoms with Crippen molar-refractivity contribution in [3.05, 3.63) is 72.3 Å². The van der Waals surface area contributed by atoms with Crippen molar-refractivity contribution in [3.63, 3.8) is 0 Å². The van der Waals surface area contributed by atoms with E-state index in [0.29, 0.717) is 32.1 Å². The van der Waals surface area contributed by atoms with E-state index in [4.69, 9.17) is 4.74 Å². The van der Waals surface area contributed by atoms with Gasteiger partial charge in [-0.1, -0.05) is 30.3 Å². The Morgan fingerprint density at radius 2 is 2.06 bits per heavy atom. The van der Waals surface area contributed by atoms with Crippen LogP contribution in [0, 0.1) is 0 Å². The smallest absolute Gasteiger partial charge is 0.229 e. The summed E-state index contributed by atoms with van der Waals surface area (Å²) in [5, 5.41) is 12.8. The summed E-state index contributed by atoms with van der Waals surface area (Å²) in [4.78, 5) is 20.9. The molecule has 0 bridgehead atoms. The molecule has 3 aromatic heterocycles. The number of hydrogen-bond acceptors (Lipinski definition) is 7. The number of nitrogens with zero attached hydrogens (tertiary/aromatic N) is 6. The number of rotatable bonds is 10. The van der Waals surface area contributed by atoms with Gasteiger partial charge in [-0.2, -0.15) is 15.2 Å². The number of benzene rings is 1. The normalized spacial score (nSPS) is 11.4. The van der Waals surface area contributed by atoms with Crippen LogP contribution in [-0.2, 0) is 29.0 Å². The first-order valence-corrected chi connectivity index (χ1v) is 10.3. The maximum absolute atomic E-state index is 11.9. The highest BCUT2D eigenvalue weighted by atomic mass is 16.5. The molecule has 0 aliphatic carbocycles. The molecule has 0 unspecified atom stereocenters. The van der Waals surface area contributed by atoms with E-state index in [1.54, 1.807) is 42.5 Å². The molecular formula is C23H25N7O2. The molecular weight excluding hydrogens is 406 g/mol. The highest BCUT2D eigenvalue weighted by Gasteiger charge is 2.09. The molecule has 0 radical (unpaired) electrons. The molecule has 164 valence electrons. The van der Waals surface area contributed by atoms with Gasteiger partial charge in [-0.05, 0) is 24.1 Å². The van der Waals surface area contributed by atoms with Crippen molar-refractivity contribution in [2.45, 2.75) is 26.4 Å². The van der Waals surface area contributed by atoms with Gasteiger partial charge in [-0.15, -0.1) is 0 Å². The molecule has 0 spiro atoms. The summed E-state index contributed by atoms with van der Waals surface area (Å²) in [7, 11) is 1.66. The van der Waals surface area contributed by atoms with E-state index in [-0.39, 0.29) is 5.78 Å². The summed E-state index contributed by atoms with van der Waals surface area (Å²) in [6.07, 6.45) is 10.8. The lowest BCUT2D eigenvalue weighted by molar-refractivity contribution is -0.114. The second-order valence-electron chi connectivity index (χ2n) is 7.35. The van der Waals surface area contributed by atoms with Gasteiger partial charge in [0.25, 0.3) is 0 Å². The van der Waals surface area contributed by atoms with Crippen LogP contribution < -0.4 is 5.32 Å². The van der Waals surface area contributed by atoms with Gasteiger partial charge in [0.05, 0.1) is 43.2 Å². The number of ketones is 1. The van der Waals surface area contributed by atoms with Crippen molar-refractivity contribution in [3.8, 4) is 0 Å². The Morgan fingerprint density at radius 1 is 1.19 bits per heavy atom. The van der Waals surface area contributed by atoms with Crippen LogP contribution in [0.4, 0.5) is 11.6 Å². The maximum atomic E-state index is 11.9. The topological polar surface area (TPSA) is 99.8 Å². The number of fused-ring (bicyclic) bond motifs is 1. The summed E-state index contributed by atoms with van der Waals surface area (Å²) in [5.41, 5.74) is 3.55. The Hall–Kier alpha value is -3.85. The molecule has 1 aromatic carbocycles. The van der Waals surface area contributed by atoms with Crippen LogP contribution >= 0.6 is 0 Å². The maximum Gasteiger partial charge on any atom is 0.229 e. The Labute approximate surface area is 185 Å². The van der Waals surface area contributed by atoms with Gasteiger partial charge in [0, 0.05) is 25.9 Å². The summed E-state index contributed by atoms with van der Waals surface area (Å²) in [6.45, 7) is 3.65. The van der Waals surface area contributed by atoms with Crippen molar-refractivity contribution in [2.75, 3.05) is 19.0 Å². The lowest BCUT2D eigenvalue weighted by Crippen LogP contribution is -2.05. The Kier molecular flexibility index (Phi) is 6.66. The summed E-state index contributed by atoms with van der Waals surface area (Å²) >= 11 is 0. The molecule has 0 aliphatic heterocycles. The molecule has 4 rings (SSSR count). The van der Waals surface area contributed by atoms with Crippen LogP contribution in [0.3, 0.4) is 0 Å². The van der Waals surface area contributed by atoms with Crippen molar-refractivity contribution in [2.24, 2.45) is 0 Å². The fourth-order valence-corrected chi connectivity index (χ4v) is 3.36. The van der Waals surface area contributed by atoms with Crippen molar-refractivity contribution < 1.29 is 9.53 Å². The van der Waals surface area contributed by atoms with Crippen LogP contribution in [-0.4, -0.2) is 49.0 Å². The molecule has 32 heavy (non-hydrogen) atoms. The number of methoxy groups -OCH3 is 1. The summed E-state index contributed by atoms with van der Waals surface area (Å²) in [5.74, 6) is 0.555. The fraction of sp³-hybridized carbons (Fsp3) is 0.261. The second-order valence-corrected chi connectivity index (χ2v) is 7.35. The molecule has 0 atom stereocenters. The standard InChI is InChI=1S/C23H25N7O2/c1-3-5-21(31)11-17-6-4-7-18(10-17)15-30-22-19(13-26-30)12-24-23(28-22)27-20-14-25-29(16-20)8-9-32-2/h3-7,10,12-14,16H,8-9,11,15H2,1-2H3,(H,24,27,28)/b5-3+. The van der Waals surface area contributed by atoms with Gasteiger partial charge in [0.1, 0.15) is 0 Å². The number of anilines is 2. The predicted molar refractivity (Wildman–Crippen MR) is 122 cm³/mol. The summed E-state index contributed by atoms with van der Waals surface area (Å²) in [6, 6.07) is 7.97. The van der Waals surface area contributed by atoms with E-state index in [1.165, 1.54) is 0 Å². The predicted octanol–water partition coefficient (Wildman–Crippen LogP) is 3.15. The minimum Gasteiger partial charge on any atom is -0.383 e. The van der Waals surface area contributed by atoms with Gasteiger partial charge in [0.15, 0.2) is 11.4 Å². The van der Waals surface area contributed by atoms with E-state index >= 15 is 0 Å². The molecule has 3 heterocycles. The molecule has 9 nitrogen and oxygen atoms in total. The highest BCUT2D eigenvalue weighted by molar-refractivity contribution is 5.91. The van der Waals surface area contributed by atoms with Crippen LogP contribution in [0.1, 0.15) is 18.1 Å². The minimum atomic E-state index is 0.0863. The number of hydrogen-bond donors (Lipinski definition) is 1. The average molecular weight is 432 g/mol. The molecule has 1 N–H and O–H groups in total. The second kappa shape index (κ2) is 9.97. The zero-order valence-corrected chi connectivity index (χ0v) is 18.1. The van der Waals surface area contributed by atoms with Gasteiger partial charge >= 0.3 is 0 Å². The molecule has 9 heteroatoms. The van der Waals surface area contributed by atoms with Crippen LogP contribution in [0.15, 0.2) is 61.2 Å². The Balaban J connectivity index is 1.51. The largest absolute Gasteiger partial charge is 0.383 e. The quantitative estimate of drug-likeness (QED) is 0.385. The summed E-state index contributed by atoms with van der Waals surface area (Å²) < 4.78 is 8.70. The van der Waals surface area contributed by atoms with Gasteiger partial charge in [-0.25, -0.2) is 9.67 Å². The highest BCUT2D eigenvalue weighted by Crippen LogP contribution is 2.17. The first-order valence-electron chi connectivity index (χ1n) is 10.3. The van der Waals surface area contributed by atoms with E-state index in [0.717, 1.165) is 27.8 Å². The van der Waals surface area contributed by atoms with Crippen molar-refractivity contribution in [1.29, 1.82) is 0 Å². The van der Waals surface area contributed by atoms with Gasteiger partial charge in [-0.3, -0.25) is 9.48 Å². The Morgan fingerprint density at radius 3 is 2.91 bits per heavy atom. The van der Waals surface area contributed by atoms with Gasteiger partial charge < -0.3 is 10.1 Å². The molecule has 0 fully saturated rings. The van der Waals surface area contributed by atoms with E-state index in [9.17, 15) is 4.79 Å². The number of ether oxygens (including phenoxy) is 1. The number of nitrogens with one attached hydrogen (secondary N) is 1. The molecule has 0 aliphatic rings. The van der Waals surface area contributed by atoms with Crippen LogP contribution in [0.2, 0.25) is 0 Å². The Bertz CT molecular complexity index is 1240. The van der Waals surface area contributed by atoms with Gasteiger partial charge in [0.2, 0.25) is 5.95 Å². The lowest BCUT2D eigenvalue weighted by atomic mass is 10.1. The number of carbonyl (C=O) groups is 1. The first-order chi connectivity index (χ1) is 15.6. The minimum absolute atomic E-state index is 0.0863. The molecule has 0 amide bonds. The number of carbonyl (C=O) groups excluding carboxylic acids is 1. The third kappa shape index (κ3) is 5.25. The third-order valence-electron chi connectivity index (χ3n) is 4.85. The average Bonchev–Trinajstić information content (AvgIpc) is 3.39. The zero-order valence-electron chi connectivity index (χ0n) is 18.1. The van der Waals surface area contributed by atoms with Crippen LogP contribution in [0.5, 0.6) is 0 Å².